The van der Waals surface area contributed by atoms with Crippen molar-refractivity contribution in [3.8, 4) is 0 Å². The molecule has 2 N–H and O–H groups in total. The van der Waals surface area contributed by atoms with Crippen molar-refractivity contribution in [1.29, 1.82) is 0 Å². The zero-order valence-electron chi connectivity index (χ0n) is 15.6. The summed E-state index contributed by atoms with van der Waals surface area (Å²) >= 11 is 1.79. The molecule has 0 aliphatic carbocycles. The zero-order valence-corrected chi connectivity index (χ0v) is 16.4. The first-order chi connectivity index (χ1) is 11.6. The Balaban J connectivity index is 2.30. The van der Waals surface area contributed by atoms with Crippen LogP contribution in [0.5, 0.6) is 0 Å². The van der Waals surface area contributed by atoms with Crippen LogP contribution in [0.2, 0.25) is 0 Å². The maximum atomic E-state index is 5.46. The molecule has 24 heavy (non-hydrogen) atoms. The summed E-state index contributed by atoms with van der Waals surface area (Å²) in [6.07, 6.45) is 2.10. The van der Waals surface area contributed by atoms with Crippen LogP contribution in [-0.4, -0.2) is 52.5 Å². The summed E-state index contributed by atoms with van der Waals surface area (Å²) in [5, 5.41) is 8.84. The predicted octanol–water partition coefficient (Wildman–Crippen LogP) is 3.02. The van der Waals surface area contributed by atoms with E-state index in [1.54, 1.807) is 18.4 Å². The molecule has 0 atom stereocenters. The molecule has 138 valence electrons. The summed E-state index contributed by atoms with van der Waals surface area (Å²) in [6.45, 7) is 11.2. The predicted molar refractivity (Wildman–Crippen MR) is 103 cm³/mol. The van der Waals surface area contributed by atoms with Gasteiger partial charge in [-0.1, -0.05) is 19.9 Å². The van der Waals surface area contributed by atoms with Gasteiger partial charge in [-0.2, -0.15) is 0 Å². The van der Waals surface area contributed by atoms with Crippen LogP contribution in [0, 0.1) is 0 Å². The summed E-state index contributed by atoms with van der Waals surface area (Å²) in [7, 11) is 1.69. The van der Waals surface area contributed by atoms with Crippen molar-refractivity contribution < 1.29 is 9.47 Å². The number of unbranched alkanes of at least 4 members (excludes halogenated alkanes) is 1. The van der Waals surface area contributed by atoms with Crippen molar-refractivity contribution >= 4 is 17.3 Å². The first kappa shape index (κ1) is 20.9. The maximum absolute atomic E-state index is 5.46. The summed E-state index contributed by atoms with van der Waals surface area (Å²) < 4.78 is 10.4. The van der Waals surface area contributed by atoms with Gasteiger partial charge in [0.25, 0.3) is 0 Å². The van der Waals surface area contributed by atoms with Crippen LogP contribution in [0.15, 0.2) is 22.5 Å². The molecular weight excluding hydrogens is 322 g/mol. The van der Waals surface area contributed by atoms with E-state index in [0.29, 0.717) is 13.2 Å². The van der Waals surface area contributed by atoms with Crippen molar-refractivity contribution in [3.05, 3.63) is 22.4 Å². The van der Waals surface area contributed by atoms with Crippen LogP contribution in [0.3, 0.4) is 0 Å². The van der Waals surface area contributed by atoms with E-state index in [9.17, 15) is 0 Å². The van der Waals surface area contributed by atoms with Gasteiger partial charge in [0.1, 0.15) is 0 Å². The van der Waals surface area contributed by atoms with Crippen molar-refractivity contribution in [2.75, 3.05) is 46.6 Å². The lowest BCUT2D eigenvalue weighted by Crippen LogP contribution is -2.39. The zero-order chi connectivity index (χ0) is 17.7. The molecule has 0 unspecified atom stereocenters. The number of ether oxygens (including phenoxy) is 2. The highest BCUT2D eigenvalue weighted by Gasteiger charge is 2.21. The van der Waals surface area contributed by atoms with E-state index in [0.717, 1.165) is 45.0 Å². The number of aliphatic imine (C=N–C) groups is 1. The highest BCUT2D eigenvalue weighted by Crippen LogP contribution is 2.27. The minimum Gasteiger partial charge on any atom is -0.382 e. The van der Waals surface area contributed by atoms with Crippen LogP contribution in [0.1, 0.15) is 38.5 Å². The van der Waals surface area contributed by atoms with E-state index in [-0.39, 0.29) is 5.41 Å². The molecule has 6 heteroatoms. The van der Waals surface area contributed by atoms with Gasteiger partial charge in [0.05, 0.1) is 19.8 Å². The van der Waals surface area contributed by atoms with Gasteiger partial charge in [0.2, 0.25) is 0 Å². The Hall–Kier alpha value is -1.11. The molecule has 0 amide bonds. The topological polar surface area (TPSA) is 54.9 Å². The van der Waals surface area contributed by atoms with Gasteiger partial charge < -0.3 is 20.1 Å². The molecule has 1 rings (SSSR count). The lowest BCUT2D eigenvalue weighted by Gasteiger charge is -2.21. The largest absolute Gasteiger partial charge is 0.382 e. The minimum absolute atomic E-state index is 0.0612. The van der Waals surface area contributed by atoms with Gasteiger partial charge in [-0.25, -0.2) is 0 Å². The van der Waals surface area contributed by atoms with Crippen LogP contribution in [0.25, 0.3) is 0 Å². The van der Waals surface area contributed by atoms with E-state index >= 15 is 0 Å². The minimum atomic E-state index is 0.0612. The third-order valence-corrected chi connectivity index (χ3v) is 4.84. The highest BCUT2D eigenvalue weighted by molar-refractivity contribution is 7.10. The third kappa shape index (κ3) is 8.66. The van der Waals surface area contributed by atoms with E-state index in [1.807, 2.05) is 0 Å². The molecule has 1 aromatic rings. The summed E-state index contributed by atoms with van der Waals surface area (Å²) in [5.74, 6) is 0.891. The number of hydrogen-bond donors (Lipinski definition) is 2. The molecule has 0 aliphatic heterocycles. The molecule has 0 radical (unpaired) electrons. The molecule has 0 fully saturated rings. The second kappa shape index (κ2) is 12.3. The Labute approximate surface area is 150 Å². The number of nitrogens with one attached hydrogen (secondary N) is 2. The van der Waals surface area contributed by atoms with E-state index in [2.05, 4.69) is 48.9 Å². The molecule has 5 nitrogen and oxygen atoms in total. The molecule has 0 bridgehead atoms. The molecule has 0 aliphatic rings. The van der Waals surface area contributed by atoms with Crippen molar-refractivity contribution in [1.82, 2.24) is 10.6 Å². The van der Waals surface area contributed by atoms with E-state index in [4.69, 9.17) is 14.5 Å². The molecule has 1 heterocycles. The fourth-order valence-electron chi connectivity index (χ4n) is 2.14. The van der Waals surface area contributed by atoms with Gasteiger partial charge in [-0.15, -0.1) is 11.3 Å². The number of thiophene rings is 1. The van der Waals surface area contributed by atoms with Gasteiger partial charge in [0, 0.05) is 37.1 Å². The van der Waals surface area contributed by atoms with Gasteiger partial charge in [-0.3, -0.25) is 4.99 Å². The summed E-state index contributed by atoms with van der Waals surface area (Å²) in [6, 6.07) is 4.29. The van der Waals surface area contributed by atoms with Crippen LogP contribution in [0.4, 0.5) is 0 Å². The van der Waals surface area contributed by atoms with E-state index in [1.165, 1.54) is 4.88 Å². The molecule has 0 aromatic carbocycles. The lowest BCUT2D eigenvalue weighted by molar-refractivity contribution is 0.0689. The SMILES string of the molecule is CCNC(=NCC(C)(C)c1cccs1)NCCCCOCCOC. The number of guanidine groups is 1. The Kier molecular flexibility index (Phi) is 10.7. The fourth-order valence-corrected chi connectivity index (χ4v) is 2.98. The molecular formula is C18H33N3O2S. The Morgan fingerprint density at radius 1 is 1.21 bits per heavy atom. The Morgan fingerprint density at radius 2 is 2.04 bits per heavy atom. The second-order valence-electron chi connectivity index (χ2n) is 6.30. The quantitative estimate of drug-likeness (QED) is 0.344. The second-order valence-corrected chi connectivity index (χ2v) is 7.24. The number of hydrogen-bond acceptors (Lipinski definition) is 4. The fraction of sp³-hybridized carbons (Fsp3) is 0.722. The monoisotopic (exact) mass is 355 g/mol. The van der Waals surface area contributed by atoms with E-state index < -0.39 is 0 Å². The van der Waals surface area contributed by atoms with Gasteiger partial charge in [0.15, 0.2) is 5.96 Å². The number of nitrogens with zero attached hydrogens (tertiary/aromatic N) is 1. The molecule has 0 saturated heterocycles. The maximum Gasteiger partial charge on any atom is 0.191 e. The first-order valence-electron chi connectivity index (χ1n) is 8.73. The van der Waals surface area contributed by atoms with Crippen molar-refractivity contribution in [3.63, 3.8) is 0 Å². The highest BCUT2D eigenvalue weighted by atomic mass is 32.1. The average molecular weight is 356 g/mol. The molecule has 1 aromatic heterocycles. The molecule has 0 saturated carbocycles. The van der Waals surface area contributed by atoms with Crippen molar-refractivity contribution in [2.24, 2.45) is 4.99 Å². The lowest BCUT2D eigenvalue weighted by atomic mass is 9.92. The molecule has 0 spiro atoms. The van der Waals surface area contributed by atoms with Crippen LogP contribution >= 0.6 is 11.3 Å². The van der Waals surface area contributed by atoms with Crippen LogP contribution < -0.4 is 10.6 Å². The standard InChI is InChI=1S/C18H33N3O2S/c1-5-19-17(20-10-6-7-11-23-13-12-22-4)21-15-18(2,3)16-9-8-14-24-16/h8-9,14H,5-7,10-13,15H2,1-4H3,(H2,19,20,21). The average Bonchev–Trinajstić information content (AvgIpc) is 3.10. The first-order valence-corrected chi connectivity index (χ1v) is 9.61. The summed E-state index contributed by atoms with van der Waals surface area (Å²) in [5.41, 5.74) is 0.0612. The normalized spacial score (nSPS) is 12.4. The van der Waals surface area contributed by atoms with Crippen molar-refractivity contribution in [2.45, 2.75) is 39.0 Å². The van der Waals surface area contributed by atoms with Crippen LogP contribution in [-0.2, 0) is 14.9 Å². The van der Waals surface area contributed by atoms with Gasteiger partial charge >= 0.3 is 0 Å². The number of rotatable bonds is 12. The smallest absolute Gasteiger partial charge is 0.191 e. The van der Waals surface area contributed by atoms with Gasteiger partial charge in [-0.05, 0) is 31.2 Å². The Morgan fingerprint density at radius 3 is 2.71 bits per heavy atom. The Bertz CT molecular complexity index is 447. The third-order valence-electron chi connectivity index (χ3n) is 3.60. The summed E-state index contributed by atoms with van der Waals surface area (Å²) in [4.78, 5) is 6.12. The number of methoxy groups -OCH3 is 1.